The Morgan fingerprint density at radius 1 is 1.00 bits per heavy atom. The monoisotopic (exact) mass is 120 g/mol. The molecule has 6 heteroatoms. The Kier molecular flexibility index (Phi) is 24.4. The maximum atomic E-state index is 8.44. The third-order valence-electron chi connectivity index (χ3n) is 0. The minimum Gasteiger partial charge on any atom is -2.00 e. The SMILES string of the molecule is O=S(=O)=O.[Mg+2].[O-2]. The minimum absolute atomic E-state index is 0. The fourth-order valence-electron chi connectivity index (χ4n) is 0. The molecular formula is MgO4S. The topological polar surface area (TPSA) is 79.7 Å². The van der Waals surface area contributed by atoms with Crippen molar-refractivity contribution in [3.05, 3.63) is 0 Å². The van der Waals surface area contributed by atoms with Crippen LogP contribution in [0.2, 0.25) is 0 Å². The minimum atomic E-state index is -3.11. The van der Waals surface area contributed by atoms with Gasteiger partial charge in [0.25, 0.3) is 0 Å². The molecule has 0 heterocycles. The van der Waals surface area contributed by atoms with E-state index in [1.807, 2.05) is 0 Å². The maximum Gasteiger partial charge on any atom is 2.00 e. The quantitative estimate of drug-likeness (QED) is 0.365. The average Bonchev–Trinajstić information content (AvgIpc) is 0.811. The summed E-state index contributed by atoms with van der Waals surface area (Å²) in [5.74, 6) is 0. The van der Waals surface area contributed by atoms with E-state index in [-0.39, 0.29) is 28.5 Å². The van der Waals surface area contributed by atoms with Crippen LogP contribution >= 0.6 is 0 Å². The Labute approximate surface area is 52.1 Å². The zero-order valence-electron chi connectivity index (χ0n) is 2.75. The van der Waals surface area contributed by atoms with Gasteiger partial charge in [0, 0.05) is 0 Å². The molecule has 0 aliphatic carbocycles. The molecule has 0 saturated carbocycles. The number of rotatable bonds is 0. The standard InChI is InChI=1S/Mg.O3S.O/c;1-4(2)3;/q+2;;-2. The van der Waals surface area contributed by atoms with Crippen LogP contribution in [0.1, 0.15) is 0 Å². The molecule has 0 rings (SSSR count). The number of hydrogen-bond acceptors (Lipinski definition) is 3. The van der Waals surface area contributed by atoms with Crippen LogP contribution in [0.25, 0.3) is 0 Å². The Morgan fingerprint density at radius 3 is 1.00 bits per heavy atom. The van der Waals surface area contributed by atoms with E-state index in [1.54, 1.807) is 0 Å². The van der Waals surface area contributed by atoms with Crippen molar-refractivity contribution in [2.24, 2.45) is 0 Å². The molecule has 0 aromatic heterocycles. The summed E-state index contributed by atoms with van der Waals surface area (Å²) in [6, 6.07) is 0. The van der Waals surface area contributed by atoms with Gasteiger partial charge in [-0.25, -0.2) is 0 Å². The molecule has 0 saturated heterocycles. The summed E-state index contributed by atoms with van der Waals surface area (Å²) < 4.78 is 25.3. The molecule has 4 nitrogen and oxygen atoms in total. The van der Waals surface area contributed by atoms with Crippen LogP contribution in [0.5, 0.6) is 0 Å². The Morgan fingerprint density at radius 2 is 1.00 bits per heavy atom. The molecule has 0 aliphatic rings. The molecule has 0 N–H and O–H groups in total. The normalized spacial score (nSPS) is 4.00. The summed E-state index contributed by atoms with van der Waals surface area (Å²) in [6.07, 6.45) is 0. The second kappa shape index (κ2) is 9.02. The first-order valence-corrected chi connectivity index (χ1v) is 1.50. The van der Waals surface area contributed by atoms with E-state index in [0.29, 0.717) is 0 Å². The third-order valence-corrected chi connectivity index (χ3v) is 0. The van der Waals surface area contributed by atoms with Crippen LogP contribution in [0.3, 0.4) is 0 Å². The third kappa shape index (κ3) is 406. The van der Waals surface area contributed by atoms with Gasteiger partial charge in [0.1, 0.15) is 0 Å². The Balaban J connectivity index is -0.0000000450. The predicted octanol–water partition coefficient (Wildman–Crippen LogP) is -1.50. The smallest absolute Gasteiger partial charge is 2.00 e. The van der Waals surface area contributed by atoms with Crippen molar-refractivity contribution in [1.82, 2.24) is 0 Å². The summed E-state index contributed by atoms with van der Waals surface area (Å²) in [4.78, 5) is 0. The summed E-state index contributed by atoms with van der Waals surface area (Å²) in [6.45, 7) is 0. The van der Waals surface area contributed by atoms with E-state index in [9.17, 15) is 0 Å². The molecule has 6 heavy (non-hydrogen) atoms. The second-order valence-corrected chi connectivity index (χ2v) is 0.612. The van der Waals surface area contributed by atoms with Crippen molar-refractivity contribution < 1.29 is 18.1 Å². The molecule has 0 atom stereocenters. The Hall–Kier alpha value is 0.346. The zero-order chi connectivity index (χ0) is 3.58. The van der Waals surface area contributed by atoms with Gasteiger partial charge >= 0.3 is 33.7 Å². The molecule has 0 radical (unpaired) electrons. The van der Waals surface area contributed by atoms with E-state index < -0.39 is 10.6 Å². The van der Waals surface area contributed by atoms with Crippen LogP contribution in [0.15, 0.2) is 0 Å². The van der Waals surface area contributed by atoms with E-state index in [1.165, 1.54) is 0 Å². The van der Waals surface area contributed by atoms with Crippen molar-refractivity contribution in [2.75, 3.05) is 0 Å². The molecule has 0 aromatic rings. The van der Waals surface area contributed by atoms with E-state index >= 15 is 0 Å². The van der Waals surface area contributed by atoms with Crippen LogP contribution in [-0.4, -0.2) is 35.7 Å². The summed E-state index contributed by atoms with van der Waals surface area (Å²) >= 11 is 0. The summed E-state index contributed by atoms with van der Waals surface area (Å²) in [7, 11) is -3.11. The molecule has 0 unspecified atom stereocenters. The van der Waals surface area contributed by atoms with Gasteiger partial charge < -0.3 is 5.48 Å². The van der Waals surface area contributed by atoms with E-state index in [4.69, 9.17) is 12.6 Å². The average molecular weight is 120 g/mol. The molecule has 0 amide bonds. The second-order valence-electron chi connectivity index (χ2n) is 0.204. The summed E-state index contributed by atoms with van der Waals surface area (Å²) in [5.41, 5.74) is 0. The van der Waals surface area contributed by atoms with E-state index in [0.717, 1.165) is 0 Å². The molecule has 0 bridgehead atoms. The maximum absolute atomic E-state index is 8.44. The van der Waals surface area contributed by atoms with Gasteiger partial charge in [-0.05, 0) is 0 Å². The first kappa shape index (κ1) is 16.2. The molecular weight excluding hydrogens is 120 g/mol. The van der Waals surface area contributed by atoms with Crippen LogP contribution in [0.4, 0.5) is 0 Å². The van der Waals surface area contributed by atoms with Crippen molar-refractivity contribution in [3.8, 4) is 0 Å². The first-order chi connectivity index (χ1) is 1.73. The van der Waals surface area contributed by atoms with Gasteiger partial charge in [0.2, 0.25) is 0 Å². The Bertz CT molecular complexity index is 76.9. The van der Waals surface area contributed by atoms with Crippen LogP contribution in [-0.2, 0) is 16.1 Å². The fraction of sp³-hybridized carbons (Fsp3) is 0. The van der Waals surface area contributed by atoms with Crippen LogP contribution in [0, 0.1) is 0 Å². The van der Waals surface area contributed by atoms with Gasteiger partial charge in [-0.2, -0.15) is 0 Å². The van der Waals surface area contributed by atoms with E-state index in [2.05, 4.69) is 0 Å². The van der Waals surface area contributed by atoms with Crippen LogP contribution < -0.4 is 0 Å². The molecule has 0 fully saturated rings. The fourth-order valence-corrected chi connectivity index (χ4v) is 0. The van der Waals surface area contributed by atoms with Crippen molar-refractivity contribution in [1.29, 1.82) is 0 Å². The predicted molar refractivity (Wildman–Crippen MR) is 16.1 cm³/mol. The zero-order valence-corrected chi connectivity index (χ0v) is 4.98. The van der Waals surface area contributed by atoms with Crippen molar-refractivity contribution in [2.45, 2.75) is 0 Å². The van der Waals surface area contributed by atoms with Gasteiger partial charge in [-0.15, -0.1) is 12.6 Å². The molecule has 0 aromatic carbocycles. The first-order valence-electron chi connectivity index (χ1n) is 0.500. The molecule has 0 spiro atoms. The number of hydrogen-bond donors (Lipinski definition) is 0. The van der Waals surface area contributed by atoms with Gasteiger partial charge in [-0.1, -0.05) is 0 Å². The molecule has 32 valence electrons. The largest absolute Gasteiger partial charge is 2.00 e. The van der Waals surface area contributed by atoms with Gasteiger partial charge in [0.05, 0.1) is 0 Å². The van der Waals surface area contributed by atoms with Gasteiger partial charge in [-0.3, -0.25) is 0 Å². The molecule has 0 aliphatic heterocycles. The van der Waals surface area contributed by atoms with Crippen molar-refractivity contribution >= 4 is 33.7 Å². The summed E-state index contributed by atoms with van der Waals surface area (Å²) in [5, 5.41) is 0. The van der Waals surface area contributed by atoms with Gasteiger partial charge in [0.15, 0.2) is 0 Å². The van der Waals surface area contributed by atoms with Crippen molar-refractivity contribution in [3.63, 3.8) is 0 Å².